The second-order valence-electron chi connectivity index (χ2n) is 4.33. The summed E-state index contributed by atoms with van der Waals surface area (Å²) in [5.41, 5.74) is 1.26. The number of rotatable bonds is 7. The average Bonchev–Trinajstić information content (AvgIpc) is 2.61. The molecule has 0 aromatic carbocycles. The van der Waals surface area contributed by atoms with Crippen molar-refractivity contribution in [1.29, 1.82) is 0 Å². The van der Waals surface area contributed by atoms with Crippen molar-refractivity contribution in [2.45, 2.75) is 46.1 Å². The van der Waals surface area contributed by atoms with Gasteiger partial charge in [-0.2, -0.15) is 0 Å². The number of hydrogen-bond acceptors (Lipinski definition) is 3. The fraction of sp³-hybridized carbons (Fsp3) is 0.538. The third-order valence-corrected chi connectivity index (χ3v) is 3.87. The Hall–Kier alpha value is -1.36. The maximum atomic E-state index is 11.5. The fourth-order valence-corrected chi connectivity index (χ4v) is 2.57. The maximum absolute atomic E-state index is 11.5. The zero-order valence-corrected chi connectivity index (χ0v) is 11.6. The third kappa shape index (κ3) is 5.31. The standard InChI is InChI=1S/C13H19NO3S/c1-9-7-11(18-10(9)2)8-14-12(15)5-3-4-6-13(16)17/h7H,3-6,8H2,1-2H3,(H,14,15)(H,16,17). The Labute approximate surface area is 111 Å². The van der Waals surface area contributed by atoms with Crippen LogP contribution in [0.25, 0.3) is 0 Å². The monoisotopic (exact) mass is 269 g/mol. The van der Waals surface area contributed by atoms with E-state index in [1.807, 2.05) is 0 Å². The third-order valence-electron chi connectivity index (χ3n) is 2.72. The quantitative estimate of drug-likeness (QED) is 0.748. The van der Waals surface area contributed by atoms with Gasteiger partial charge in [0.15, 0.2) is 0 Å². The normalized spacial score (nSPS) is 10.3. The van der Waals surface area contributed by atoms with E-state index < -0.39 is 5.97 Å². The van der Waals surface area contributed by atoms with Crippen LogP contribution in [-0.2, 0) is 16.1 Å². The Morgan fingerprint density at radius 1 is 1.28 bits per heavy atom. The summed E-state index contributed by atoms with van der Waals surface area (Å²) >= 11 is 1.70. The lowest BCUT2D eigenvalue weighted by Gasteiger charge is -2.02. The molecule has 2 N–H and O–H groups in total. The maximum Gasteiger partial charge on any atom is 0.303 e. The number of amides is 1. The van der Waals surface area contributed by atoms with Crippen LogP contribution in [0.2, 0.25) is 0 Å². The highest BCUT2D eigenvalue weighted by atomic mass is 32.1. The van der Waals surface area contributed by atoms with E-state index in [0.717, 1.165) is 4.88 Å². The van der Waals surface area contributed by atoms with Gasteiger partial charge in [0.1, 0.15) is 0 Å². The van der Waals surface area contributed by atoms with Crippen molar-refractivity contribution in [1.82, 2.24) is 5.32 Å². The minimum Gasteiger partial charge on any atom is -0.481 e. The Morgan fingerprint density at radius 3 is 2.50 bits per heavy atom. The largest absolute Gasteiger partial charge is 0.481 e. The zero-order valence-electron chi connectivity index (χ0n) is 10.8. The number of carbonyl (C=O) groups is 2. The molecule has 1 heterocycles. The van der Waals surface area contributed by atoms with E-state index in [-0.39, 0.29) is 12.3 Å². The summed E-state index contributed by atoms with van der Waals surface area (Å²) < 4.78 is 0. The summed E-state index contributed by atoms with van der Waals surface area (Å²) in [4.78, 5) is 24.2. The molecule has 0 saturated heterocycles. The molecule has 5 heteroatoms. The minimum absolute atomic E-state index is 0.0101. The van der Waals surface area contributed by atoms with Gasteiger partial charge in [0.25, 0.3) is 0 Å². The minimum atomic E-state index is -0.806. The van der Waals surface area contributed by atoms with Gasteiger partial charge in [0, 0.05) is 22.6 Å². The molecule has 1 aromatic heterocycles. The summed E-state index contributed by atoms with van der Waals surface area (Å²) in [7, 11) is 0. The van der Waals surface area contributed by atoms with Crippen LogP contribution in [0.3, 0.4) is 0 Å². The number of thiophene rings is 1. The lowest BCUT2D eigenvalue weighted by atomic mass is 10.2. The second-order valence-corrected chi connectivity index (χ2v) is 5.67. The topological polar surface area (TPSA) is 66.4 Å². The molecule has 0 aliphatic heterocycles. The predicted octanol–water partition coefficient (Wildman–Crippen LogP) is 2.63. The molecule has 0 unspecified atom stereocenters. The summed E-state index contributed by atoms with van der Waals surface area (Å²) in [6.07, 6.45) is 1.72. The van der Waals surface area contributed by atoms with Gasteiger partial charge in [-0.25, -0.2) is 0 Å². The molecule has 0 radical (unpaired) electrons. The molecule has 0 bridgehead atoms. The lowest BCUT2D eigenvalue weighted by Crippen LogP contribution is -2.21. The van der Waals surface area contributed by atoms with E-state index in [0.29, 0.717) is 25.8 Å². The van der Waals surface area contributed by atoms with Crippen molar-refractivity contribution in [3.8, 4) is 0 Å². The Morgan fingerprint density at radius 2 is 1.94 bits per heavy atom. The summed E-state index contributed by atoms with van der Waals surface area (Å²) in [6.45, 7) is 4.69. The molecule has 1 amide bonds. The number of aryl methyl sites for hydroxylation is 2. The van der Waals surface area contributed by atoms with Crippen LogP contribution in [0.5, 0.6) is 0 Å². The molecule has 0 saturated carbocycles. The number of unbranched alkanes of at least 4 members (excludes halogenated alkanes) is 1. The lowest BCUT2D eigenvalue weighted by molar-refractivity contribution is -0.137. The van der Waals surface area contributed by atoms with Crippen LogP contribution in [-0.4, -0.2) is 17.0 Å². The molecule has 18 heavy (non-hydrogen) atoms. The molecule has 1 aromatic rings. The van der Waals surface area contributed by atoms with E-state index in [4.69, 9.17) is 5.11 Å². The first-order valence-corrected chi connectivity index (χ1v) is 6.85. The predicted molar refractivity (Wildman–Crippen MR) is 71.7 cm³/mol. The van der Waals surface area contributed by atoms with Crippen LogP contribution in [0, 0.1) is 13.8 Å². The van der Waals surface area contributed by atoms with Crippen molar-refractivity contribution < 1.29 is 14.7 Å². The molecule has 4 nitrogen and oxygen atoms in total. The molecular formula is C13H19NO3S. The molecular weight excluding hydrogens is 250 g/mol. The van der Waals surface area contributed by atoms with Crippen molar-refractivity contribution in [3.63, 3.8) is 0 Å². The second kappa shape index (κ2) is 7.16. The highest BCUT2D eigenvalue weighted by Gasteiger charge is 2.05. The molecule has 0 spiro atoms. The van der Waals surface area contributed by atoms with Crippen LogP contribution in [0.15, 0.2) is 6.07 Å². The van der Waals surface area contributed by atoms with Gasteiger partial charge in [-0.3, -0.25) is 9.59 Å². The zero-order chi connectivity index (χ0) is 13.5. The Bertz CT molecular complexity index is 406. The van der Waals surface area contributed by atoms with Crippen molar-refractivity contribution in [3.05, 3.63) is 21.4 Å². The van der Waals surface area contributed by atoms with E-state index >= 15 is 0 Å². The van der Waals surface area contributed by atoms with Crippen molar-refractivity contribution in [2.24, 2.45) is 0 Å². The first kappa shape index (κ1) is 14.7. The number of aliphatic carboxylic acids is 1. The first-order valence-electron chi connectivity index (χ1n) is 6.03. The van der Waals surface area contributed by atoms with Gasteiger partial charge < -0.3 is 10.4 Å². The number of carbonyl (C=O) groups excluding carboxylic acids is 1. The first-order chi connectivity index (χ1) is 8.49. The number of nitrogens with one attached hydrogen (secondary N) is 1. The average molecular weight is 269 g/mol. The van der Waals surface area contributed by atoms with Gasteiger partial charge in [0.05, 0.1) is 6.54 Å². The smallest absolute Gasteiger partial charge is 0.303 e. The molecule has 100 valence electrons. The van der Waals surface area contributed by atoms with Crippen molar-refractivity contribution >= 4 is 23.2 Å². The van der Waals surface area contributed by atoms with E-state index in [2.05, 4.69) is 25.2 Å². The highest BCUT2D eigenvalue weighted by molar-refractivity contribution is 7.12. The van der Waals surface area contributed by atoms with Gasteiger partial charge >= 0.3 is 5.97 Å². The van der Waals surface area contributed by atoms with Crippen LogP contribution in [0.4, 0.5) is 0 Å². The number of carboxylic acid groups (broad SMARTS) is 1. The molecule has 0 fully saturated rings. The number of hydrogen-bond donors (Lipinski definition) is 2. The summed E-state index contributed by atoms with van der Waals surface area (Å²) in [5.74, 6) is -0.816. The van der Waals surface area contributed by atoms with E-state index in [9.17, 15) is 9.59 Å². The van der Waals surface area contributed by atoms with Crippen molar-refractivity contribution in [2.75, 3.05) is 0 Å². The molecule has 0 aliphatic carbocycles. The van der Waals surface area contributed by atoms with Gasteiger partial charge in [-0.1, -0.05) is 0 Å². The summed E-state index contributed by atoms with van der Waals surface area (Å²) in [5, 5.41) is 11.3. The van der Waals surface area contributed by atoms with Gasteiger partial charge in [-0.05, 0) is 38.3 Å². The highest BCUT2D eigenvalue weighted by Crippen LogP contribution is 2.20. The molecule has 0 atom stereocenters. The van der Waals surface area contributed by atoms with Crippen LogP contribution in [0.1, 0.15) is 41.0 Å². The number of carboxylic acids is 1. The van der Waals surface area contributed by atoms with E-state index in [1.54, 1.807) is 11.3 Å². The SMILES string of the molecule is Cc1cc(CNC(=O)CCCCC(=O)O)sc1C. The van der Waals surface area contributed by atoms with Gasteiger partial charge in [0.2, 0.25) is 5.91 Å². The Balaban J connectivity index is 2.19. The van der Waals surface area contributed by atoms with E-state index in [1.165, 1.54) is 10.4 Å². The summed E-state index contributed by atoms with van der Waals surface area (Å²) in [6, 6.07) is 2.09. The fourth-order valence-electron chi connectivity index (χ4n) is 1.57. The molecule has 1 rings (SSSR count). The van der Waals surface area contributed by atoms with Crippen LogP contribution < -0.4 is 5.32 Å². The van der Waals surface area contributed by atoms with Gasteiger partial charge in [-0.15, -0.1) is 11.3 Å². The van der Waals surface area contributed by atoms with Crippen LogP contribution >= 0.6 is 11.3 Å². The molecule has 0 aliphatic rings. The Kier molecular flexibility index (Phi) is 5.85.